The van der Waals surface area contributed by atoms with Crippen LogP contribution in [0, 0.1) is 0 Å². The van der Waals surface area contributed by atoms with Crippen molar-refractivity contribution in [2.45, 2.75) is 19.5 Å². The zero-order valence-corrected chi connectivity index (χ0v) is 11.5. The van der Waals surface area contributed by atoms with Crippen LogP contribution >= 0.6 is 0 Å². The lowest BCUT2D eigenvalue weighted by Crippen LogP contribution is -2.19. The van der Waals surface area contributed by atoms with Crippen LogP contribution in [0.2, 0.25) is 0 Å². The fraction of sp³-hybridized carbons (Fsp3) is 0.312. The van der Waals surface area contributed by atoms with Crippen molar-refractivity contribution in [3.05, 3.63) is 53.9 Å². The lowest BCUT2D eigenvalue weighted by Gasteiger charge is -2.19. The van der Waals surface area contributed by atoms with Gasteiger partial charge in [-0.2, -0.15) is 0 Å². The lowest BCUT2D eigenvalue weighted by atomic mass is 10.1. The average Bonchev–Trinajstić information content (AvgIpc) is 2.53. The Kier molecular flexibility index (Phi) is 3.83. The molecule has 1 aromatic heterocycles. The van der Waals surface area contributed by atoms with E-state index in [1.807, 2.05) is 24.4 Å². The van der Waals surface area contributed by atoms with E-state index in [0.29, 0.717) is 13.2 Å². The largest absolute Gasteiger partial charge is 0.486 e. The fourth-order valence-corrected chi connectivity index (χ4v) is 2.22. The van der Waals surface area contributed by atoms with E-state index in [4.69, 9.17) is 9.47 Å². The monoisotopic (exact) mass is 270 g/mol. The maximum Gasteiger partial charge on any atom is 0.161 e. The summed E-state index contributed by atoms with van der Waals surface area (Å²) < 4.78 is 11.1. The molecule has 4 nitrogen and oxygen atoms in total. The van der Waals surface area contributed by atoms with Gasteiger partial charge in [0.25, 0.3) is 0 Å². The second-order valence-corrected chi connectivity index (χ2v) is 4.87. The van der Waals surface area contributed by atoms with E-state index in [1.54, 1.807) is 6.20 Å². The van der Waals surface area contributed by atoms with Crippen molar-refractivity contribution >= 4 is 0 Å². The Labute approximate surface area is 118 Å². The van der Waals surface area contributed by atoms with Gasteiger partial charge in [-0.25, -0.2) is 0 Å². The zero-order chi connectivity index (χ0) is 13.8. The van der Waals surface area contributed by atoms with E-state index < -0.39 is 0 Å². The van der Waals surface area contributed by atoms with E-state index in [-0.39, 0.29) is 6.04 Å². The number of ether oxygens (including phenoxy) is 2. The highest BCUT2D eigenvalue weighted by atomic mass is 16.6. The van der Waals surface area contributed by atoms with Crippen LogP contribution in [0.3, 0.4) is 0 Å². The Morgan fingerprint density at radius 1 is 1.20 bits per heavy atom. The Balaban J connectivity index is 1.64. The first-order valence-corrected chi connectivity index (χ1v) is 6.85. The third-order valence-electron chi connectivity index (χ3n) is 3.40. The van der Waals surface area contributed by atoms with Gasteiger partial charge in [0.15, 0.2) is 11.5 Å². The molecular formula is C16H18N2O2. The van der Waals surface area contributed by atoms with Crippen molar-refractivity contribution in [3.63, 3.8) is 0 Å². The molecule has 0 fully saturated rings. The number of hydrogen-bond acceptors (Lipinski definition) is 4. The first-order chi connectivity index (χ1) is 9.83. The molecule has 0 amide bonds. The van der Waals surface area contributed by atoms with Crippen molar-refractivity contribution in [2.75, 3.05) is 13.2 Å². The van der Waals surface area contributed by atoms with Crippen LogP contribution in [0.25, 0.3) is 0 Å². The smallest absolute Gasteiger partial charge is 0.161 e. The normalized spacial score (nSPS) is 14.8. The molecule has 1 aliphatic rings. The number of fused-ring (bicyclic) bond motifs is 1. The number of aromatic nitrogens is 1. The summed E-state index contributed by atoms with van der Waals surface area (Å²) >= 11 is 0. The van der Waals surface area contributed by atoms with E-state index in [1.165, 1.54) is 11.1 Å². The van der Waals surface area contributed by atoms with Crippen LogP contribution in [0.15, 0.2) is 42.7 Å². The van der Waals surface area contributed by atoms with Gasteiger partial charge < -0.3 is 14.8 Å². The first-order valence-electron chi connectivity index (χ1n) is 6.85. The molecule has 2 aromatic rings. The van der Waals surface area contributed by atoms with Crippen molar-refractivity contribution in [2.24, 2.45) is 0 Å². The summed E-state index contributed by atoms with van der Waals surface area (Å²) in [5.74, 6) is 1.67. The summed E-state index contributed by atoms with van der Waals surface area (Å²) in [7, 11) is 0. The average molecular weight is 270 g/mol. The Hall–Kier alpha value is -2.07. The Morgan fingerprint density at radius 2 is 2.05 bits per heavy atom. The molecule has 2 heterocycles. The molecule has 1 aromatic carbocycles. The molecule has 4 heteroatoms. The van der Waals surface area contributed by atoms with Gasteiger partial charge in [-0.3, -0.25) is 4.98 Å². The van der Waals surface area contributed by atoms with Gasteiger partial charge in [-0.05, 0) is 36.2 Å². The van der Waals surface area contributed by atoms with E-state index in [2.05, 4.69) is 29.4 Å². The maximum atomic E-state index is 5.59. The number of nitrogens with zero attached hydrogens (tertiary/aromatic N) is 1. The highest BCUT2D eigenvalue weighted by Gasteiger charge is 2.12. The van der Waals surface area contributed by atoms with Gasteiger partial charge in [-0.1, -0.05) is 12.1 Å². The Bertz CT molecular complexity index is 572. The molecule has 0 radical (unpaired) electrons. The topological polar surface area (TPSA) is 43.4 Å². The summed E-state index contributed by atoms with van der Waals surface area (Å²) in [6.45, 7) is 4.17. The van der Waals surface area contributed by atoms with Crippen LogP contribution in [0.1, 0.15) is 24.1 Å². The predicted octanol–water partition coefficient (Wildman–Crippen LogP) is 2.70. The van der Waals surface area contributed by atoms with Crippen LogP contribution in [-0.4, -0.2) is 18.2 Å². The molecular weight excluding hydrogens is 252 g/mol. The number of benzene rings is 1. The Morgan fingerprint density at radius 3 is 2.85 bits per heavy atom. The number of hydrogen-bond donors (Lipinski definition) is 1. The number of rotatable bonds is 4. The van der Waals surface area contributed by atoms with Gasteiger partial charge >= 0.3 is 0 Å². The zero-order valence-electron chi connectivity index (χ0n) is 11.5. The molecule has 104 valence electrons. The second kappa shape index (κ2) is 5.92. The van der Waals surface area contributed by atoms with Crippen molar-refractivity contribution in [1.29, 1.82) is 0 Å². The van der Waals surface area contributed by atoms with Crippen molar-refractivity contribution in [1.82, 2.24) is 10.3 Å². The van der Waals surface area contributed by atoms with Gasteiger partial charge in [0.05, 0.1) is 0 Å². The summed E-state index contributed by atoms with van der Waals surface area (Å²) in [4.78, 5) is 4.14. The first kappa shape index (κ1) is 12.9. The van der Waals surface area contributed by atoms with Crippen molar-refractivity contribution in [3.8, 4) is 11.5 Å². The third kappa shape index (κ3) is 2.91. The quantitative estimate of drug-likeness (QED) is 0.927. The molecule has 0 saturated heterocycles. The van der Waals surface area contributed by atoms with Crippen molar-refractivity contribution < 1.29 is 9.47 Å². The summed E-state index contributed by atoms with van der Waals surface area (Å²) in [5.41, 5.74) is 2.37. The molecule has 1 aliphatic heterocycles. The lowest BCUT2D eigenvalue weighted by molar-refractivity contribution is 0.171. The van der Waals surface area contributed by atoms with Gasteiger partial charge in [0.1, 0.15) is 13.2 Å². The molecule has 0 bridgehead atoms. The fourth-order valence-electron chi connectivity index (χ4n) is 2.22. The minimum Gasteiger partial charge on any atom is -0.486 e. The standard InChI is InChI=1S/C16H18N2O2/c1-12(14-3-2-6-17-11-14)18-10-13-4-5-15-16(9-13)20-8-7-19-15/h2-6,9,11-12,18H,7-8,10H2,1H3/t12-/m1/s1. The van der Waals surface area contributed by atoms with E-state index in [9.17, 15) is 0 Å². The minimum atomic E-state index is 0.261. The number of pyridine rings is 1. The molecule has 20 heavy (non-hydrogen) atoms. The highest BCUT2D eigenvalue weighted by Crippen LogP contribution is 2.30. The molecule has 0 aliphatic carbocycles. The summed E-state index contributed by atoms with van der Waals surface area (Å²) in [6.07, 6.45) is 3.68. The molecule has 0 unspecified atom stereocenters. The van der Waals surface area contributed by atoms with Gasteiger partial charge in [0.2, 0.25) is 0 Å². The summed E-state index contributed by atoms with van der Waals surface area (Å²) in [5, 5.41) is 3.49. The molecule has 0 saturated carbocycles. The SMILES string of the molecule is C[C@@H](NCc1ccc2c(c1)OCCO2)c1cccnc1. The molecule has 3 rings (SSSR count). The molecule has 1 N–H and O–H groups in total. The maximum absolute atomic E-state index is 5.59. The van der Waals surface area contributed by atoms with Crippen LogP contribution in [-0.2, 0) is 6.54 Å². The van der Waals surface area contributed by atoms with Crippen LogP contribution in [0.4, 0.5) is 0 Å². The van der Waals surface area contributed by atoms with E-state index in [0.717, 1.165) is 18.0 Å². The molecule has 0 spiro atoms. The highest BCUT2D eigenvalue weighted by molar-refractivity contribution is 5.43. The van der Waals surface area contributed by atoms with Gasteiger partial charge in [0, 0.05) is 25.0 Å². The minimum absolute atomic E-state index is 0.261. The van der Waals surface area contributed by atoms with Crippen LogP contribution in [0.5, 0.6) is 11.5 Å². The summed E-state index contributed by atoms with van der Waals surface area (Å²) in [6, 6.07) is 10.4. The number of nitrogens with one attached hydrogen (secondary N) is 1. The second-order valence-electron chi connectivity index (χ2n) is 4.87. The van der Waals surface area contributed by atoms with Gasteiger partial charge in [-0.15, -0.1) is 0 Å². The van der Waals surface area contributed by atoms with Crippen LogP contribution < -0.4 is 14.8 Å². The predicted molar refractivity (Wildman–Crippen MR) is 76.9 cm³/mol. The van der Waals surface area contributed by atoms with E-state index >= 15 is 0 Å². The molecule has 1 atom stereocenters. The third-order valence-corrected chi connectivity index (χ3v) is 3.40.